The predicted molar refractivity (Wildman–Crippen MR) is 61.9 cm³/mol. The third-order valence-corrected chi connectivity index (χ3v) is 3.54. The Bertz CT molecular complexity index is 445. The van der Waals surface area contributed by atoms with Crippen molar-refractivity contribution in [1.29, 1.82) is 0 Å². The number of thiophene rings is 1. The van der Waals surface area contributed by atoms with Crippen LogP contribution >= 0.6 is 11.3 Å². The van der Waals surface area contributed by atoms with Crippen molar-refractivity contribution in [2.45, 2.75) is 6.42 Å². The number of fused-ring (bicyclic) bond motifs is 1. The van der Waals surface area contributed by atoms with Gasteiger partial charge in [-0.3, -0.25) is 0 Å². The highest BCUT2D eigenvalue weighted by atomic mass is 32.1. The minimum absolute atomic E-state index is 1.09. The van der Waals surface area contributed by atoms with Gasteiger partial charge in [0.25, 0.3) is 0 Å². The lowest BCUT2D eigenvalue weighted by atomic mass is 10.1. The van der Waals surface area contributed by atoms with E-state index in [0.717, 1.165) is 6.54 Å². The van der Waals surface area contributed by atoms with Gasteiger partial charge >= 0.3 is 0 Å². The first-order valence-electron chi connectivity index (χ1n) is 4.84. The van der Waals surface area contributed by atoms with Gasteiger partial charge in [-0.25, -0.2) is 0 Å². The molecule has 0 fully saturated rings. The summed E-state index contributed by atoms with van der Waals surface area (Å²) in [4.78, 5) is 1.35. The molecule has 1 nitrogen and oxygen atoms in total. The van der Waals surface area contributed by atoms with Crippen molar-refractivity contribution in [3.63, 3.8) is 0 Å². The zero-order valence-corrected chi connectivity index (χ0v) is 8.60. The number of benzene rings is 1. The molecule has 1 aliphatic heterocycles. The number of nitrogens with one attached hydrogen (secondary N) is 1. The first-order chi connectivity index (χ1) is 6.93. The summed E-state index contributed by atoms with van der Waals surface area (Å²) in [6, 6.07) is 11.0. The van der Waals surface area contributed by atoms with Crippen LogP contribution in [0.25, 0.3) is 10.4 Å². The van der Waals surface area contributed by atoms with Crippen molar-refractivity contribution in [3.8, 4) is 10.4 Å². The maximum Gasteiger partial charge on any atom is 0.0380 e. The van der Waals surface area contributed by atoms with Crippen LogP contribution in [0.3, 0.4) is 0 Å². The summed E-state index contributed by atoms with van der Waals surface area (Å²) in [5.41, 5.74) is 4.09. The molecule has 0 radical (unpaired) electrons. The van der Waals surface area contributed by atoms with E-state index in [4.69, 9.17) is 0 Å². The molecule has 2 aromatic rings. The third-order valence-electron chi connectivity index (χ3n) is 2.63. The summed E-state index contributed by atoms with van der Waals surface area (Å²) in [7, 11) is 0. The highest BCUT2D eigenvalue weighted by molar-refractivity contribution is 7.13. The van der Waals surface area contributed by atoms with Gasteiger partial charge in [-0.15, -0.1) is 11.3 Å². The van der Waals surface area contributed by atoms with Crippen LogP contribution in [0.1, 0.15) is 5.56 Å². The van der Waals surface area contributed by atoms with Crippen molar-refractivity contribution in [3.05, 3.63) is 41.3 Å². The fourth-order valence-electron chi connectivity index (χ4n) is 1.89. The average Bonchev–Trinajstić information content (AvgIpc) is 2.88. The third kappa shape index (κ3) is 1.23. The summed E-state index contributed by atoms with van der Waals surface area (Å²) >= 11 is 1.79. The summed E-state index contributed by atoms with van der Waals surface area (Å²) in [6.45, 7) is 1.09. The predicted octanol–water partition coefficient (Wildman–Crippen LogP) is 3.38. The van der Waals surface area contributed by atoms with Crippen LogP contribution in [-0.2, 0) is 6.42 Å². The molecule has 2 heterocycles. The van der Waals surface area contributed by atoms with Gasteiger partial charge in [0.15, 0.2) is 0 Å². The molecule has 1 aromatic heterocycles. The first kappa shape index (κ1) is 8.06. The summed E-state index contributed by atoms with van der Waals surface area (Å²) < 4.78 is 0. The van der Waals surface area contributed by atoms with E-state index in [9.17, 15) is 0 Å². The van der Waals surface area contributed by atoms with Gasteiger partial charge in [-0.1, -0.05) is 18.2 Å². The number of rotatable bonds is 1. The molecule has 0 saturated carbocycles. The first-order valence-corrected chi connectivity index (χ1v) is 5.72. The molecule has 0 unspecified atom stereocenters. The molecule has 0 amide bonds. The van der Waals surface area contributed by atoms with E-state index in [1.54, 1.807) is 11.3 Å². The van der Waals surface area contributed by atoms with Crippen molar-refractivity contribution < 1.29 is 0 Å². The van der Waals surface area contributed by atoms with E-state index in [0.29, 0.717) is 0 Å². The topological polar surface area (TPSA) is 12.0 Å². The summed E-state index contributed by atoms with van der Waals surface area (Å²) in [5.74, 6) is 0. The number of anilines is 1. The van der Waals surface area contributed by atoms with E-state index in [2.05, 4.69) is 41.0 Å². The van der Waals surface area contributed by atoms with Gasteiger partial charge in [-0.2, -0.15) is 0 Å². The standard InChI is InChI=1S/C12H11NS/c1-2-12(14-7-1)10-4-3-9-5-6-13-11(9)8-10/h1-4,7-8,13H,5-6H2. The molecule has 0 spiro atoms. The number of hydrogen-bond acceptors (Lipinski definition) is 2. The summed E-state index contributed by atoms with van der Waals surface area (Å²) in [5, 5.41) is 5.53. The molecular weight excluding hydrogens is 190 g/mol. The molecule has 0 bridgehead atoms. The Balaban J connectivity index is 2.09. The molecule has 3 rings (SSSR count). The van der Waals surface area contributed by atoms with Crippen LogP contribution in [0.15, 0.2) is 35.7 Å². The molecule has 14 heavy (non-hydrogen) atoms. The van der Waals surface area contributed by atoms with Gasteiger partial charge in [0, 0.05) is 17.1 Å². The van der Waals surface area contributed by atoms with Crippen LogP contribution in [0.2, 0.25) is 0 Å². The maximum absolute atomic E-state index is 3.41. The van der Waals surface area contributed by atoms with Crippen molar-refractivity contribution in [2.75, 3.05) is 11.9 Å². The average molecular weight is 201 g/mol. The lowest BCUT2D eigenvalue weighted by Crippen LogP contribution is -1.90. The highest BCUT2D eigenvalue weighted by Crippen LogP contribution is 2.31. The van der Waals surface area contributed by atoms with Crippen LogP contribution in [0.4, 0.5) is 5.69 Å². The molecule has 70 valence electrons. The molecule has 1 aliphatic rings. The normalized spacial score (nSPS) is 13.7. The fraction of sp³-hybridized carbons (Fsp3) is 0.167. The van der Waals surface area contributed by atoms with Gasteiger partial charge < -0.3 is 5.32 Å². The SMILES string of the molecule is c1csc(-c2ccc3c(c2)NCC3)c1. The largest absolute Gasteiger partial charge is 0.384 e. The van der Waals surface area contributed by atoms with E-state index in [-0.39, 0.29) is 0 Å². The quantitative estimate of drug-likeness (QED) is 0.745. The van der Waals surface area contributed by atoms with E-state index in [1.165, 1.54) is 28.1 Å². The fourth-order valence-corrected chi connectivity index (χ4v) is 2.61. The maximum atomic E-state index is 3.41. The Hall–Kier alpha value is -1.28. The van der Waals surface area contributed by atoms with Crippen LogP contribution in [0.5, 0.6) is 0 Å². The van der Waals surface area contributed by atoms with Gasteiger partial charge in [0.05, 0.1) is 0 Å². The second kappa shape index (κ2) is 3.14. The number of hydrogen-bond donors (Lipinski definition) is 1. The molecule has 0 aliphatic carbocycles. The molecule has 0 atom stereocenters. The van der Waals surface area contributed by atoms with Gasteiger partial charge in [0.1, 0.15) is 0 Å². The minimum atomic E-state index is 1.09. The second-order valence-electron chi connectivity index (χ2n) is 3.53. The van der Waals surface area contributed by atoms with Gasteiger partial charge in [0.2, 0.25) is 0 Å². The van der Waals surface area contributed by atoms with Crippen molar-refractivity contribution >= 4 is 17.0 Å². The van der Waals surface area contributed by atoms with Crippen LogP contribution in [0, 0.1) is 0 Å². The van der Waals surface area contributed by atoms with E-state index in [1.807, 2.05) is 0 Å². The zero-order valence-electron chi connectivity index (χ0n) is 7.79. The van der Waals surface area contributed by atoms with E-state index < -0.39 is 0 Å². The Kier molecular flexibility index (Phi) is 1.81. The Morgan fingerprint density at radius 3 is 3.07 bits per heavy atom. The molecule has 1 N–H and O–H groups in total. The van der Waals surface area contributed by atoms with Crippen LogP contribution < -0.4 is 5.32 Å². The Morgan fingerprint density at radius 1 is 1.21 bits per heavy atom. The van der Waals surface area contributed by atoms with Crippen molar-refractivity contribution in [1.82, 2.24) is 0 Å². The highest BCUT2D eigenvalue weighted by Gasteiger charge is 2.10. The lowest BCUT2D eigenvalue weighted by molar-refractivity contribution is 1.11. The van der Waals surface area contributed by atoms with Gasteiger partial charge in [-0.05, 0) is 35.1 Å². The van der Waals surface area contributed by atoms with Crippen LogP contribution in [-0.4, -0.2) is 6.54 Å². The van der Waals surface area contributed by atoms with E-state index >= 15 is 0 Å². The molecule has 2 heteroatoms. The molecule has 1 aromatic carbocycles. The molecule has 0 saturated heterocycles. The molecular formula is C12H11NS. The Labute approximate surface area is 87.4 Å². The second-order valence-corrected chi connectivity index (χ2v) is 4.47. The lowest BCUT2D eigenvalue weighted by Gasteiger charge is -2.02. The Morgan fingerprint density at radius 2 is 2.21 bits per heavy atom. The van der Waals surface area contributed by atoms with Crippen molar-refractivity contribution in [2.24, 2.45) is 0 Å². The smallest absolute Gasteiger partial charge is 0.0380 e. The summed E-state index contributed by atoms with van der Waals surface area (Å²) in [6.07, 6.45) is 1.17. The monoisotopic (exact) mass is 201 g/mol. The minimum Gasteiger partial charge on any atom is -0.384 e. The zero-order chi connectivity index (χ0) is 9.38.